The number of hydrogen-bond acceptors (Lipinski definition) is 5. The van der Waals surface area contributed by atoms with Crippen molar-refractivity contribution in [2.45, 2.75) is 26.7 Å². The number of carbonyl (C=O) groups excluding carboxylic acids is 1. The number of rotatable bonds is 9. The predicted octanol–water partition coefficient (Wildman–Crippen LogP) is 3.51. The average molecular weight is 421 g/mol. The minimum absolute atomic E-state index is 0.186. The van der Waals surface area contributed by atoms with Crippen LogP contribution >= 0.6 is 0 Å². The summed E-state index contributed by atoms with van der Waals surface area (Å²) in [4.78, 5) is 12.3. The fourth-order valence-electron chi connectivity index (χ4n) is 2.99. The molecule has 2 aromatic carbocycles. The molecule has 0 aromatic heterocycles. The Morgan fingerprint density at radius 2 is 1.76 bits per heavy atom. The van der Waals surface area contributed by atoms with E-state index < -0.39 is 10.0 Å². The molecular formula is C21H28N2O5S. The summed E-state index contributed by atoms with van der Waals surface area (Å²) >= 11 is 0. The fraction of sp³-hybridized carbons (Fsp3) is 0.381. The quantitative estimate of drug-likeness (QED) is 0.671. The van der Waals surface area contributed by atoms with Crippen LogP contribution in [0.15, 0.2) is 36.4 Å². The number of carbonyl (C=O) groups is 1. The van der Waals surface area contributed by atoms with Crippen LogP contribution in [0.2, 0.25) is 0 Å². The number of ether oxygens (including phenoxy) is 2. The fourth-order valence-corrected chi connectivity index (χ4v) is 4.01. The van der Waals surface area contributed by atoms with E-state index in [0.717, 1.165) is 11.1 Å². The van der Waals surface area contributed by atoms with Crippen molar-refractivity contribution in [2.75, 3.05) is 36.6 Å². The molecule has 0 aliphatic heterocycles. The number of nitrogens with one attached hydrogen (secondary N) is 1. The van der Waals surface area contributed by atoms with Gasteiger partial charge in [0.1, 0.15) is 0 Å². The van der Waals surface area contributed by atoms with Gasteiger partial charge in [0.2, 0.25) is 15.9 Å². The van der Waals surface area contributed by atoms with E-state index in [1.54, 1.807) is 31.4 Å². The largest absolute Gasteiger partial charge is 0.493 e. The number of hydrogen-bond donors (Lipinski definition) is 1. The first-order chi connectivity index (χ1) is 13.7. The SMILES string of the molecule is COc1ccc(NC(=O)CCCN(c2cccc(C)c2C)S(C)(=O)=O)cc1OC. The summed E-state index contributed by atoms with van der Waals surface area (Å²) in [5, 5.41) is 2.80. The number of amides is 1. The third-order valence-corrected chi connectivity index (χ3v) is 5.86. The van der Waals surface area contributed by atoms with Crippen molar-refractivity contribution < 1.29 is 22.7 Å². The van der Waals surface area contributed by atoms with Gasteiger partial charge < -0.3 is 14.8 Å². The van der Waals surface area contributed by atoms with Crippen LogP contribution < -0.4 is 19.1 Å². The van der Waals surface area contributed by atoms with Gasteiger partial charge in [-0.3, -0.25) is 9.10 Å². The smallest absolute Gasteiger partial charge is 0.232 e. The van der Waals surface area contributed by atoms with Gasteiger partial charge in [0.15, 0.2) is 11.5 Å². The van der Waals surface area contributed by atoms with Gasteiger partial charge in [-0.2, -0.15) is 0 Å². The van der Waals surface area contributed by atoms with Crippen molar-refractivity contribution in [3.63, 3.8) is 0 Å². The summed E-state index contributed by atoms with van der Waals surface area (Å²) in [6.45, 7) is 4.06. The molecule has 1 amide bonds. The highest BCUT2D eigenvalue weighted by atomic mass is 32.2. The number of benzene rings is 2. The molecular weight excluding hydrogens is 392 g/mol. The van der Waals surface area contributed by atoms with Gasteiger partial charge in [-0.05, 0) is 49.6 Å². The number of methoxy groups -OCH3 is 2. The van der Waals surface area contributed by atoms with E-state index in [-0.39, 0.29) is 18.9 Å². The van der Waals surface area contributed by atoms with Crippen molar-refractivity contribution in [1.82, 2.24) is 0 Å². The molecule has 158 valence electrons. The monoisotopic (exact) mass is 420 g/mol. The van der Waals surface area contributed by atoms with Crippen molar-refractivity contribution >= 4 is 27.3 Å². The standard InChI is InChI=1S/C21H28N2O5S/c1-15-8-6-9-18(16(15)2)23(29(5,25)26)13-7-10-21(24)22-17-11-12-19(27-3)20(14-17)28-4/h6,8-9,11-12,14H,7,10,13H2,1-5H3,(H,22,24). The first-order valence-electron chi connectivity index (χ1n) is 9.23. The Kier molecular flexibility index (Phi) is 7.50. The van der Waals surface area contributed by atoms with Crippen LogP contribution in [0.4, 0.5) is 11.4 Å². The highest BCUT2D eigenvalue weighted by Crippen LogP contribution is 2.30. The summed E-state index contributed by atoms with van der Waals surface area (Å²) in [6, 6.07) is 10.7. The van der Waals surface area contributed by atoms with E-state index >= 15 is 0 Å². The van der Waals surface area contributed by atoms with Gasteiger partial charge in [0.05, 0.1) is 26.2 Å². The Morgan fingerprint density at radius 1 is 1.07 bits per heavy atom. The molecule has 7 nitrogen and oxygen atoms in total. The summed E-state index contributed by atoms with van der Waals surface area (Å²) in [7, 11) is -0.394. The van der Waals surface area contributed by atoms with Gasteiger partial charge >= 0.3 is 0 Å². The minimum atomic E-state index is -3.46. The molecule has 0 saturated heterocycles. The molecule has 29 heavy (non-hydrogen) atoms. The maximum atomic E-state index is 12.3. The maximum Gasteiger partial charge on any atom is 0.232 e. The molecule has 0 spiro atoms. The van der Waals surface area contributed by atoms with E-state index in [4.69, 9.17) is 9.47 Å². The Morgan fingerprint density at radius 3 is 2.38 bits per heavy atom. The first kappa shape index (κ1) is 22.5. The topological polar surface area (TPSA) is 84.9 Å². The number of anilines is 2. The van der Waals surface area contributed by atoms with E-state index in [2.05, 4.69) is 5.32 Å². The summed E-state index contributed by atoms with van der Waals surface area (Å²) < 4.78 is 36.4. The van der Waals surface area contributed by atoms with Crippen LogP contribution in [0.5, 0.6) is 11.5 Å². The molecule has 0 bridgehead atoms. The van der Waals surface area contributed by atoms with Gasteiger partial charge in [0, 0.05) is 24.7 Å². The first-order valence-corrected chi connectivity index (χ1v) is 11.1. The van der Waals surface area contributed by atoms with E-state index in [1.165, 1.54) is 17.7 Å². The second kappa shape index (κ2) is 9.65. The maximum absolute atomic E-state index is 12.3. The third-order valence-electron chi connectivity index (χ3n) is 4.68. The lowest BCUT2D eigenvalue weighted by Gasteiger charge is -2.25. The van der Waals surface area contributed by atoms with Crippen molar-refractivity contribution in [3.05, 3.63) is 47.5 Å². The van der Waals surface area contributed by atoms with Crippen LogP contribution in [-0.2, 0) is 14.8 Å². The number of nitrogens with zero attached hydrogens (tertiary/aromatic N) is 1. The zero-order chi connectivity index (χ0) is 21.6. The van der Waals surface area contributed by atoms with Crippen molar-refractivity contribution in [1.29, 1.82) is 0 Å². The Labute approximate surface area is 172 Å². The molecule has 2 aromatic rings. The molecule has 0 fully saturated rings. The van der Waals surface area contributed by atoms with Gasteiger partial charge in [-0.15, -0.1) is 0 Å². The zero-order valence-electron chi connectivity index (χ0n) is 17.5. The van der Waals surface area contributed by atoms with Crippen molar-refractivity contribution in [2.24, 2.45) is 0 Å². The van der Waals surface area contributed by atoms with Crippen molar-refractivity contribution in [3.8, 4) is 11.5 Å². The normalized spacial score (nSPS) is 11.1. The highest BCUT2D eigenvalue weighted by Gasteiger charge is 2.20. The van der Waals surface area contributed by atoms with E-state index in [1.807, 2.05) is 26.0 Å². The lowest BCUT2D eigenvalue weighted by atomic mass is 10.1. The van der Waals surface area contributed by atoms with Gasteiger partial charge in [-0.25, -0.2) is 8.42 Å². The highest BCUT2D eigenvalue weighted by molar-refractivity contribution is 7.92. The molecule has 0 radical (unpaired) electrons. The lowest BCUT2D eigenvalue weighted by Crippen LogP contribution is -2.32. The summed E-state index contributed by atoms with van der Waals surface area (Å²) in [6.07, 6.45) is 1.75. The number of aryl methyl sites for hydroxylation is 1. The van der Waals surface area contributed by atoms with Crippen LogP contribution in [0.3, 0.4) is 0 Å². The van der Waals surface area contributed by atoms with E-state index in [9.17, 15) is 13.2 Å². The summed E-state index contributed by atoms with van der Waals surface area (Å²) in [5.74, 6) is 0.887. The zero-order valence-corrected chi connectivity index (χ0v) is 18.3. The van der Waals surface area contributed by atoms with Gasteiger partial charge in [0.25, 0.3) is 0 Å². The Bertz CT molecular complexity index is 973. The molecule has 8 heteroatoms. The molecule has 0 heterocycles. The second-order valence-corrected chi connectivity index (χ2v) is 8.68. The second-order valence-electron chi connectivity index (χ2n) is 6.78. The third kappa shape index (κ3) is 5.87. The lowest BCUT2D eigenvalue weighted by molar-refractivity contribution is -0.116. The van der Waals surface area contributed by atoms with Crippen LogP contribution in [0.25, 0.3) is 0 Å². The molecule has 0 aliphatic rings. The molecule has 2 rings (SSSR count). The molecule has 0 aliphatic carbocycles. The average Bonchev–Trinajstić information content (AvgIpc) is 2.66. The Hall–Kier alpha value is -2.74. The minimum Gasteiger partial charge on any atom is -0.493 e. The predicted molar refractivity (Wildman–Crippen MR) is 116 cm³/mol. The van der Waals surface area contributed by atoms with Crippen LogP contribution in [-0.4, -0.2) is 41.3 Å². The van der Waals surface area contributed by atoms with E-state index in [0.29, 0.717) is 29.3 Å². The summed E-state index contributed by atoms with van der Waals surface area (Å²) in [5.41, 5.74) is 3.16. The van der Waals surface area contributed by atoms with Crippen LogP contribution in [0, 0.1) is 13.8 Å². The van der Waals surface area contributed by atoms with Gasteiger partial charge in [-0.1, -0.05) is 12.1 Å². The molecule has 0 atom stereocenters. The number of sulfonamides is 1. The van der Waals surface area contributed by atoms with Crippen LogP contribution in [0.1, 0.15) is 24.0 Å². The molecule has 1 N–H and O–H groups in total. The molecule has 0 saturated carbocycles. The Balaban J connectivity index is 2.03. The molecule has 0 unspecified atom stereocenters.